The summed E-state index contributed by atoms with van der Waals surface area (Å²) in [6.07, 6.45) is 2.13. The number of aliphatic hydroxyl groups excluding tert-OH is 1. The van der Waals surface area contributed by atoms with Crippen LogP contribution in [0.2, 0.25) is 0 Å². The number of ether oxygens (including phenoxy) is 1. The van der Waals surface area contributed by atoms with Crippen LogP contribution in [-0.4, -0.2) is 47.5 Å². The fourth-order valence-electron chi connectivity index (χ4n) is 1.93. The number of carboxylic acids is 1. The van der Waals surface area contributed by atoms with E-state index >= 15 is 0 Å². The molecule has 0 saturated carbocycles. The third-order valence-corrected chi connectivity index (χ3v) is 2.83. The Bertz CT molecular complexity index is 431. The van der Waals surface area contributed by atoms with Crippen LogP contribution in [-0.2, 0) is 11.2 Å². The maximum absolute atomic E-state index is 11.1. The lowest BCUT2D eigenvalue weighted by Crippen LogP contribution is -2.27. The molecular formula is C14H22N2O4. The van der Waals surface area contributed by atoms with E-state index in [1.807, 2.05) is 6.92 Å². The number of hydrogen-bond acceptors (Lipinski definition) is 5. The van der Waals surface area contributed by atoms with Gasteiger partial charge in [0.25, 0.3) is 0 Å². The van der Waals surface area contributed by atoms with Crippen molar-refractivity contribution in [3.05, 3.63) is 23.4 Å². The van der Waals surface area contributed by atoms with Crippen molar-refractivity contribution in [1.82, 2.24) is 4.98 Å². The molecule has 6 nitrogen and oxygen atoms in total. The molecule has 1 aromatic rings. The third-order valence-electron chi connectivity index (χ3n) is 2.83. The van der Waals surface area contributed by atoms with Gasteiger partial charge in [-0.05, 0) is 25.0 Å². The van der Waals surface area contributed by atoms with Crippen LogP contribution in [0.4, 0.5) is 5.82 Å². The van der Waals surface area contributed by atoms with Gasteiger partial charge in [0.1, 0.15) is 5.82 Å². The highest BCUT2D eigenvalue weighted by molar-refractivity contribution is 5.88. The maximum atomic E-state index is 11.1. The standard InChI is InChI=1S/C14H22N2O4/c1-3-4-11-7-10(14(18)19)8-13(15-11)16-12(5-6-17)9-20-2/h7-8,12,17H,3-6,9H2,1-2H3,(H,15,16)(H,18,19). The molecule has 0 aliphatic rings. The van der Waals surface area contributed by atoms with Crippen molar-refractivity contribution in [1.29, 1.82) is 0 Å². The molecule has 1 heterocycles. The highest BCUT2D eigenvalue weighted by Gasteiger charge is 2.12. The number of carbonyl (C=O) groups is 1. The first-order valence-corrected chi connectivity index (χ1v) is 6.71. The summed E-state index contributed by atoms with van der Waals surface area (Å²) >= 11 is 0. The molecule has 0 radical (unpaired) electrons. The van der Waals surface area contributed by atoms with Gasteiger partial charge in [0.15, 0.2) is 0 Å². The monoisotopic (exact) mass is 282 g/mol. The summed E-state index contributed by atoms with van der Waals surface area (Å²) in [6.45, 7) is 2.46. The van der Waals surface area contributed by atoms with Gasteiger partial charge >= 0.3 is 5.97 Å². The first-order chi connectivity index (χ1) is 9.60. The van der Waals surface area contributed by atoms with Crippen LogP contribution in [0.5, 0.6) is 0 Å². The number of methoxy groups -OCH3 is 1. The molecule has 0 fully saturated rings. The van der Waals surface area contributed by atoms with Crippen LogP contribution in [0, 0.1) is 0 Å². The molecule has 0 aliphatic heterocycles. The summed E-state index contributed by atoms with van der Waals surface area (Å²) in [7, 11) is 1.58. The Balaban J connectivity index is 2.93. The first kappa shape index (κ1) is 16.4. The predicted octanol–water partition coefficient (Wildman–Crippen LogP) is 1.54. The molecule has 1 rings (SSSR count). The maximum Gasteiger partial charge on any atom is 0.335 e. The molecule has 0 amide bonds. The lowest BCUT2D eigenvalue weighted by Gasteiger charge is -2.18. The normalized spacial score (nSPS) is 12.2. The number of hydrogen-bond donors (Lipinski definition) is 3. The lowest BCUT2D eigenvalue weighted by atomic mass is 10.1. The molecule has 1 atom stereocenters. The van der Waals surface area contributed by atoms with E-state index in [9.17, 15) is 4.79 Å². The quantitative estimate of drug-likeness (QED) is 0.636. The van der Waals surface area contributed by atoms with Gasteiger partial charge in [-0.25, -0.2) is 9.78 Å². The average Bonchev–Trinajstić information content (AvgIpc) is 2.39. The van der Waals surface area contributed by atoms with Crippen molar-refractivity contribution < 1.29 is 19.7 Å². The van der Waals surface area contributed by atoms with Crippen molar-refractivity contribution >= 4 is 11.8 Å². The molecule has 3 N–H and O–H groups in total. The molecule has 1 aromatic heterocycles. The highest BCUT2D eigenvalue weighted by atomic mass is 16.5. The van der Waals surface area contributed by atoms with E-state index in [-0.39, 0.29) is 18.2 Å². The van der Waals surface area contributed by atoms with E-state index < -0.39 is 5.97 Å². The third kappa shape index (κ3) is 5.14. The fourth-order valence-corrected chi connectivity index (χ4v) is 1.93. The Hall–Kier alpha value is -1.66. The topological polar surface area (TPSA) is 91.7 Å². The zero-order valence-electron chi connectivity index (χ0n) is 11.9. The molecular weight excluding hydrogens is 260 g/mol. The Morgan fingerprint density at radius 2 is 2.25 bits per heavy atom. The van der Waals surface area contributed by atoms with Crippen molar-refractivity contribution in [3.8, 4) is 0 Å². The zero-order valence-corrected chi connectivity index (χ0v) is 11.9. The molecule has 1 unspecified atom stereocenters. The zero-order chi connectivity index (χ0) is 15.0. The summed E-state index contributed by atoms with van der Waals surface area (Å²) in [6, 6.07) is 2.99. The summed E-state index contributed by atoms with van der Waals surface area (Å²) < 4.78 is 5.07. The molecule has 0 saturated heterocycles. The summed E-state index contributed by atoms with van der Waals surface area (Å²) in [5.74, 6) is -0.470. The van der Waals surface area contributed by atoms with E-state index in [1.54, 1.807) is 13.2 Å². The van der Waals surface area contributed by atoms with Gasteiger partial charge in [-0.3, -0.25) is 0 Å². The van der Waals surface area contributed by atoms with Crippen LogP contribution in [0.1, 0.15) is 35.8 Å². The smallest absolute Gasteiger partial charge is 0.335 e. The van der Waals surface area contributed by atoms with E-state index in [2.05, 4.69) is 10.3 Å². The number of nitrogens with zero attached hydrogens (tertiary/aromatic N) is 1. The number of aromatic carboxylic acids is 1. The van der Waals surface area contributed by atoms with Gasteiger partial charge in [0.05, 0.1) is 18.2 Å². The molecule has 0 aliphatic carbocycles. The number of carboxylic acid groups (broad SMARTS) is 1. The Morgan fingerprint density at radius 1 is 1.50 bits per heavy atom. The van der Waals surface area contributed by atoms with Gasteiger partial charge < -0.3 is 20.3 Å². The molecule has 6 heteroatoms. The SMILES string of the molecule is CCCc1cc(C(=O)O)cc(NC(CCO)COC)n1. The average molecular weight is 282 g/mol. The summed E-state index contributed by atoms with van der Waals surface area (Å²) in [5, 5.41) is 21.3. The van der Waals surface area contributed by atoms with Crippen LogP contribution < -0.4 is 5.32 Å². The first-order valence-electron chi connectivity index (χ1n) is 6.71. The Labute approximate surface area is 118 Å². The Morgan fingerprint density at radius 3 is 2.80 bits per heavy atom. The second kappa shape index (κ2) is 8.50. The minimum atomic E-state index is -0.974. The van der Waals surface area contributed by atoms with Crippen LogP contribution >= 0.6 is 0 Å². The minimum Gasteiger partial charge on any atom is -0.478 e. The highest BCUT2D eigenvalue weighted by Crippen LogP contribution is 2.14. The van der Waals surface area contributed by atoms with Gasteiger partial charge in [-0.2, -0.15) is 0 Å². The largest absolute Gasteiger partial charge is 0.478 e. The van der Waals surface area contributed by atoms with E-state index in [0.717, 1.165) is 18.5 Å². The molecule has 112 valence electrons. The van der Waals surface area contributed by atoms with Crippen LogP contribution in [0.25, 0.3) is 0 Å². The number of rotatable bonds is 9. The van der Waals surface area contributed by atoms with E-state index in [4.69, 9.17) is 14.9 Å². The van der Waals surface area contributed by atoms with Crippen molar-refractivity contribution in [2.75, 3.05) is 25.6 Å². The summed E-state index contributed by atoms with van der Waals surface area (Å²) in [5.41, 5.74) is 0.959. The van der Waals surface area contributed by atoms with Gasteiger partial charge in [0, 0.05) is 19.4 Å². The summed E-state index contributed by atoms with van der Waals surface area (Å²) in [4.78, 5) is 15.5. The number of aryl methyl sites for hydroxylation is 1. The lowest BCUT2D eigenvalue weighted by molar-refractivity contribution is 0.0696. The van der Waals surface area contributed by atoms with Crippen molar-refractivity contribution in [2.24, 2.45) is 0 Å². The van der Waals surface area contributed by atoms with Gasteiger partial charge in [-0.15, -0.1) is 0 Å². The molecule has 0 aromatic carbocycles. The predicted molar refractivity (Wildman–Crippen MR) is 76.2 cm³/mol. The molecule has 20 heavy (non-hydrogen) atoms. The molecule has 0 bridgehead atoms. The van der Waals surface area contributed by atoms with Crippen molar-refractivity contribution in [3.63, 3.8) is 0 Å². The number of nitrogens with one attached hydrogen (secondary N) is 1. The second-order valence-corrected chi connectivity index (χ2v) is 4.60. The number of aliphatic hydroxyl groups is 1. The van der Waals surface area contributed by atoms with E-state index in [1.165, 1.54) is 6.07 Å². The van der Waals surface area contributed by atoms with Crippen LogP contribution in [0.15, 0.2) is 12.1 Å². The van der Waals surface area contributed by atoms with Gasteiger partial charge in [-0.1, -0.05) is 13.3 Å². The fraction of sp³-hybridized carbons (Fsp3) is 0.571. The number of aromatic nitrogens is 1. The number of anilines is 1. The second-order valence-electron chi connectivity index (χ2n) is 4.60. The number of pyridine rings is 1. The van der Waals surface area contributed by atoms with Crippen molar-refractivity contribution in [2.45, 2.75) is 32.2 Å². The minimum absolute atomic E-state index is 0.0292. The Kier molecular flexibility index (Phi) is 6.97. The van der Waals surface area contributed by atoms with E-state index in [0.29, 0.717) is 18.8 Å². The van der Waals surface area contributed by atoms with Crippen LogP contribution in [0.3, 0.4) is 0 Å². The molecule has 0 spiro atoms. The van der Waals surface area contributed by atoms with Gasteiger partial charge in [0.2, 0.25) is 0 Å².